The van der Waals surface area contributed by atoms with Crippen LogP contribution in [0.3, 0.4) is 0 Å². The lowest BCUT2D eigenvalue weighted by molar-refractivity contribution is -0.135. The zero-order valence-corrected chi connectivity index (χ0v) is 13.6. The lowest BCUT2D eigenvalue weighted by Gasteiger charge is -2.37. The number of aliphatic carboxylic acids is 1. The number of nitrogens with zero attached hydrogens (tertiary/aromatic N) is 1. The van der Waals surface area contributed by atoms with Gasteiger partial charge in [0.05, 0.1) is 19.3 Å². The monoisotopic (exact) mass is 306 g/mol. The van der Waals surface area contributed by atoms with Gasteiger partial charge in [-0.2, -0.15) is 0 Å². The first-order valence-corrected chi connectivity index (χ1v) is 7.84. The van der Waals surface area contributed by atoms with E-state index in [1.54, 1.807) is 7.11 Å². The number of rotatable bonds is 6. The Morgan fingerprint density at radius 2 is 2.05 bits per heavy atom. The minimum atomic E-state index is -0.847. The summed E-state index contributed by atoms with van der Waals surface area (Å²) in [5.74, 6) is 1.38. The van der Waals surface area contributed by atoms with Crippen molar-refractivity contribution in [2.24, 2.45) is 11.8 Å². The fourth-order valence-electron chi connectivity index (χ4n) is 3.27. The average Bonchev–Trinajstić information content (AvgIpc) is 2.45. The zero-order chi connectivity index (χ0) is 16.1. The van der Waals surface area contributed by atoms with Crippen LogP contribution in [-0.4, -0.2) is 37.8 Å². The molecule has 0 bridgehead atoms. The summed E-state index contributed by atoms with van der Waals surface area (Å²) in [5, 5.41) is 11.6. The summed E-state index contributed by atoms with van der Waals surface area (Å²) in [6.45, 7) is 7.17. The Labute approximate surface area is 132 Å². The molecule has 0 amide bonds. The van der Waals surface area contributed by atoms with E-state index < -0.39 is 5.97 Å². The highest BCUT2D eigenvalue weighted by Gasteiger charge is 2.24. The highest BCUT2D eigenvalue weighted by Crippen LogP contribution is 2.33. The van der Waals surface area contributed by atoms with Crippen molar-refractivity contribution >= 4 is 11.7 Å². The van der Waals surface area contributed by atoms with Gasteiger partial charge in [0.2, 0.25) is 0 Å². The van der Waals surface area contributed by atoms with Gasteiger partial charge >= 0.3 is 5.97 Å². The van der Waals surface area contributed by atoms with Gasteiger partial charge in [0.15, 0.2) is 0 Å². The number of carbonyl (C=O) groups is 1. The van der Waals surface area contributed by atoms with E-state index in [0.717, 1.165) is 30.1 Å². The van der Waals surface area contributed by atoms with Gasteiger partial charge in [0.1, 0.15) is 5.75 Å². The summed E-state index contributed by atoms with van der Waals surface area (Å²) in [5.41, 5.74) is 2.16. The second-order valence-corrected chi connectivity index (χ2v) is 6.35. The highest BCUT2D eigenvalue weighted by molar-refractivity contribution is 5.69. The van der Waals surface area contributed by atoms with Crippen molar-refractivity contribution in [3.63, 3.8) is 0 Å². The Morgan fingerprint density at radius 3 is 2.64 bits per heavy atom. The third kappa shape index (κ3) is 4.37. The van der Waals surface area contributed by atoms with Crippen LogP contribution in [0.25, 0.3) is 0 Å². The zero-order valence-electron chi connectivity index (χ0n) is 13.6. The largest absolute Gasteiger partial charge is 0.495 e. The third-order valence-electron chi connectivity index (χ3n) is 4.06. The van der Waals surface area contributed by atoms with E-state index in [2.05, 4.69) is 30.1 Å². The van der Waals surface area contributed by atoms with E-state index in [1.807, 2.05) is 12.1 Å². The normalized spacial score (nSPS) is 21.7. The number of hydrogen-bond donors (Lipinski definition) is 2. The van der Waals surface area contributed by atoms with Gasteiger partial charge in [-0.15, -0.1) is 0 Å². The quantitative estimate of drug-likeness (QED) is 0.845. The topological polar surface area (TPSA) is 61.8 Å². The van der Waals surface area contributed by atoms with Crippen molar-refractivity contribution in [2.75, 3.05) is 31.6 Å². The number of ether oxygens (including phenoxy) is 1. The molecule has 0 radical (unpaired) electrons. The maximum atomic E-state index is 10.5. The number of piperidine rings is 1. The number of hydrogen-bond acceptors (Lipinski definition) is 4. The molecule has 1 heterocycles. The highest BCUT2D eigenvalue weighted by atomic mass is 16.5. The molecule has 1 aromatic carbocycles. The van der Waals surface area contributed by atoms with E-state index in [0.29, 0.717) is 18.4 Å². The Morgan fingerprint density at radius 1 is 1.36 bits per heavy atom. The maximum Gasteiger partial charge on any atom is 0.317 e. The van der Waals surface area contributed by atoms with Gasteiger partial charge in [0, 0.05) is 19.6 Å². The predicted octanol–water partition coefficient (Wildman–Crippen LogP) is 2.35. The molecule has 2 N–H and O–H groups in total. The molecule has 5 nitrogen and oxygen atoms in total. The summed E-state index contributed by atoms with van der Waals surface area (Å²) in [6, 6.07) is 6.12. The minimum absolute atomic E-state index is 0.0365. The van der Waals surface area contributed by atoms with Crippen LogP contribution in [0.5, 0.6) is 5.75 Å². The number of nitrogens with one attached hydrogen (secondary N) is 1. The molecular weight excluding hydrogens is 280 g/mol. The Kier molecular flexibility index (Phi) is 5.66. The number of benzene rings is 1. The lowest BCUT2D eigenvalue weighted by atomic mass is 9.91. The molecule has 122 valence electrons. The molecule has 5 heteroatoms. The average molecular weight is 306 g/mol. The van der Waals surface area contributed by atoms with E-state index >= 15 is 0 Å². The number of methoxy groups -OCH3 is 1. The van der Waals surface area contributed by atoms with Crippen LogP contribution >= 0.6 is 0 Å². The van der Waals surface area contributed by atoms with Crippen molar-refractivity contribution in [2.45, 2.75) is 26.8 Å². The smallest absolute Gasteiger partial charge is 0.317 e. The van der Waals surface area contributed by atoms with Crippen LogP contribution in [0.4, 0.5) is 5.69 Å². The third-order valence-corrected chi connectivity index (χ3v) is 4.06. The molecule has 1 aliphatic heterocycles. The van der Waals surface area contributed by atoms with E-state index in [9.17, 15) is 4.79 Å². The first kappa shape index (κ1) is 16.6. The first-order chi connectivity index (χ1) is 10.5. The van der Waals surface area contributed by atoms with Gasteiger partial charge in [-0.3, -0.25) is 4.79 Å². The summed E-state index contributed by atoms with van der Waals surface area (Å²) in [7, 11) is 1.68. The second kappa shape index (κ2) is 7.49. The molecule has 22 heavy (non-hydrogen) atoms. The van der Waals surface area contributed by atoms with E-state index in [-0.39, 0.29) is 6.54 Å². The molecular formula is C17H26N2O3. The number of anilines is 1. The van der Waals surface area contributed by atoms with Gasteiger partial charge in [-0.05, 0) is 36.0 Å². The molecule has 2 rings (SSSR count). The molecule has 2 atom stereocenters. The molecule has 1 saturated heterocycles. The van der Waals surface area contributed by atoms with Gasteiger partial charge in [-0.25, -0.2) is 0 Å². The molecule has 0 aromatic heterocycles. The predicted molar refractivity (Wildman–Crippen MR) is 87.5 cm³/mol. The first-order valence-electron chi connectivity index (χ1n) is 7.84. The van der Waals surface area contributed by atoms with Crippen LogP contribution in [0.2, 0.25) is 0 Å². The summed E-state index contributed by atoms with van der Waals surface area (Å²) < 4.78 is 5.55. The van der Waals surface area contributed by atoms with Crippen molar-refractivity contribution in [3.05, 3.63) is 23.8 Å². The van der Waals surface area contributed by atoms with Crippen molar-refractivity contribution in [1.82, 2.24) is 5.32 Å². The van der Waals surface area contributed by atoms with Crippen molar-refractivity contribution in [1.29, 1.82) is 0 Å². The van der Waals surface area contributed by atoms with Crippen molar-refractivity contribution < 1.29 is 14.6 Å². The van der Waals surface area contributed by atoms with Crippen molar-refractivity contribution in [3.8, 4) is 5.75 Å². The molecule has 2 unspecified atom stereocenters. The van der Waals surface area contributed by atoms with Gasteiger partial charge in [-0.1, -0.05) is 19.9 Å². The lowest BCUT2D eigenvalue weighted by Crippen LogP contribution is -2.38. The SMILES string of the molecule is COc1cc(CNCC(=O)O)ccc1N1CC(C)CC(C)C1. The Bertz CT molecular complexity index is 509. The Balaban J connectivity index is 2.10. The number of carboxylic acid groups (broad SMARTS) is 1. The molecule has 0 spiro atoms. The van der Waals surface area contributed by atoms with E-state index in [1.165, 1.54) is 6.42 Å². The molecule has 1 aliphatic rings. The fraction of sp³-hybridized carbons (Fsp3) is 0.588. The van der Waals surface area contributed by atoms with Crippen LogP contribution < -0.4 is 15.0 Å². The molecule has 1 fully saturated rings. The molecule has 0 saturated carbocycles. The van der Waals surface area contributed by atoms with E-state index in [4.69, 9.17) is 9.84 Å². The molecule has 1 aromatic rings. The standard InChI is InChI=1S/C17H26N2O3/c1-12-6-13(2)11-19(10-12)15-5-4-14(7-16(15)22-3)8-18-9-17(20)21/h4-5,7,12-13,18H,6,8-11H2,1-3H3,(H,20,21). The summed E-state index contributed by atoms with van der Waals surface area (Å²) in [6.07, 6.45) is 1.27. The number of carboxylic acids is 1. The van der Waals surface area contributed by atoms with Gasteiger partial charge < -0.3 is 20.1 Å². The second-order valence-electron chi connectivity index (χ2n) is 6.35. The molecule has 0 aliphatic carbocycles. The summed E-state index contributed by atoms with van der Waals surface area (Å²) in [4.78, 5) is 12.9. The summed E-state index contributed by atoms with van der Waals surface area (Å²) >= 11 is 0. The van der Waals surface area contributed by atoms with Gasteiger partial charge in [0.25, 0.3) is 0 Å². The fourth-order valence-corrected chi connectivity index (χ4v) is 3.27. The van der Waals surface area contributed by atoms with Crippen LogP contribution in [0.1, 0.15) is 25.8 Å². The van der Waals surface area contributed by atoms with Crippen LogP contribution in [0, 0.1) is 11.8 Å². The van der Waals surface area contributed by atoms with Crippen LogP contribution in [-0.2, 0) is 11.3 Å². The maximum absolute atomic E-state index is 10.5. The minimum Gasteiger partial charge on any atom is -0.495 e. The van der Waals surface area contributed by atoms with Crippen LogP contribution in [0.15, 0.2) is 18.2 Å². The Hall–Kier alpha value is -1.75.